The minimum atomic E-state index is -1.29. The summed E-state index contributed by atoms with van der Waals surface area (Å²) < 4.78 is 45.3. The predicted octanol–water partition coefficient (Wildman–Crippen LogP) is 6.02. The van der Waals surface area contributed by atoms with Crippen molar-refractivity contribution in [1.82, 2.24) is 9.47 Å². The zero-order valence-electron chi connectivity index (χ0n) is 33.3. The Labute approximate surface area is 313 Å². The molecule has 296 valence electrons. The van der Waals surface area contributed by atoms with Crippen molar-refractivity contribution in [2.75, 3.05) is 75.1 Å². The van der Waals surface area contributed by atoms with Crippen LogP contribution in [-0.4, -0.2) is 108 Å². The summed E-state index contributed by atoms with van der Waals surface area (Å²) in [5.74, 6) is -2.76. The second-order valence-corrected chi connectivity index (χ2v) is 12.5. The number of methoxy groups -OCH3 is 3. The van der Waals surface area contributed by atoms with E-state index in [9.17, 15) is 19.2 Å². The molecule has 0 spiro atoms. The second kappa shape index (κ2) is 21.3. The van der Waals surface area contributed by atoms with Crippen LogP contribution < -0.4 is 14.2 Å². The Morgan fingerprint density at radius 3 is 1.91 bits per heavy atom. The number of nitrogens with zero attached hydrogens (tertiary/aromatic N) is 2. The monoisotopic (exact) mass is 746 g/mol. The van der Waals surface area contributed by atoms with Crippen molar-refractivity contribution in [3.05, 3.63) is 47.5 Å². The normalized spacial score (nSPS) is 18.8. The summed E-state index contributed by atoms with van der Waals surface area (Å²) >= 11 is 0. The van der Waals surface area contributed by atoms with Crippen molar-refractivity contribution < 1.29 is 57.1 Å². The molecule has 0 saturated heterocycles. The van der Waals surface area contributed by atoms with E-state index in [0.29, 0.717) is 30.4 Å². The highest BCUT2D eigenvalue weighted by Crippen LogP contribution is 2.58. The van der Waals surface area contributed by atoms with Crippen molar-refractivity contribution >= 4 is 23.8 Å². The lowest BCUT2D eigenvalue weighted by molar-refractivity contribution is -0.186. The molecule has 1 amide bonds. The molecule has 2 aliphatic heterocycles. The molecule has 1 saturated carbocycles. The lowest BCUT2D eigenvalue weighted by atomic mass is 9.53. The molecule has 1 fully saturated rings. The van der Waals surface area contributed by atoms with E-state index in [0.717, 1.165) is 6.61 Å². The number of carbonyl (C=O) groups excluding carboxylic acids is 4. The summed E-state index contributed by atoms with van der Waals surface area (Å²) in [6.07, 6.45) is 4.16. The molecule has 53 heavy (non-hydrogen) atoms. The van der Waals surface area contributed by atoms with E-state index in [-0.39, 0.29) is 49.8 Å². The average Bonchev–Trinajstić information content (AvgIpc) is 3.46. The maximum atomic E-state index is 14.1. The van der Waals surface area contributed by atoms with E-state index in [1.807, 2.05) is 20.8 Å². The quantitative estimate of drug-likeness (QED) is 0.112. The molecule has 14 heteroatoms. The molecule has 0 radical (unpaired) electrons. The largest absolute Gasteiger partial charge is 0.497 e. The molecular formula is C39H58N2O12. The van der Waals surface area contributed by atoms with E-state index in [1.54, 1.807) is 51.3 Å². The van der Waals surface area contributed by atoms with Crippen LogP contribution in [0.1, 0.15) is 88.2 Å². The summed E-state index contributed by atoms with van der Waals surface area (Å²) in [7, 11) is 7.68. The molecule has 2 bridgehead atoms. The van der Waals surface area contributed by atoms with Gasteiger partial charge in [-0.05, 0) is 70.4 Å². The van der Waals surface area contributed by atoms with Crippen LogP contribution >= 0.6 is 0 Å². The molecule has 0 unspecified atom stereocenters. The molecule has 3 aliphatic rings. The van der Waals surface area contributed by atoms with Gasteiger partial charge in [-0.2, -0.15) is 0 Å². The van der Waals surface area contributed by atoms with Gasteiger partial charge in [-0.15, -0.1) is 0 Å². The van der Waals surface area contributed by atoms with Gasteiger partial charge in [0.2, 0.25) is 11.5 Å². The highest BCUT2D eigenvalue weighted by molar-refractivity contribution is 6.05. The van der Waals surface area contributed by atoms with Gasteiger partial charge >= 0.3 is 17.9 Å². The highest BCUT2D eigenvalue weighted by atomic mass is 16.6. The van der Waals surface area contributed by atoms with E-state index in [2.05, 4.69) is 6.92 Å². The molecule has 2 aromatic rings. The van der Waals surface area contributed by atoms with Gasteiger partial charge in [0.15, 0.2) is 11.4 Å². The number of benzene rings is 1. The van der Waals surface area contributed by atoms with E-state index in [1.165, 1.54) is 50.6 Å². The van der Waals surface area contributed by atoms with E-state index < -0.39 is 40.4 Å². The van der Waals surface area contributed by atoms with Crippen LogP contribution in [0.3, 0.4) is 0 Å². The Bertz CT molecular complexity index is 1530. The first-order valence-corrected chi connectivity index (χ1v) is 18.0. The summed E-state index contributed by atoms with van der Waals surface area (Å²) in [4.78, 5) is 56.7. The molecule has 0 atom stereocenters. The number of aromatic nitrogens is 1. The fourth-order valence-corrected chi connectivity index (χ4v) is 5.92. The topological polar surface area (TPSA) is 150 Å². The molecule has 5 rings (SSSR count). The van der Waals surface area contributed by atoms with Gasteiger partial charge in [-0.3, -0.25) is 19.0 Å². The van der Waals surface area contributed by atoms with Crippen molar-refractivity contribution in [2.45, 2.75) is 67.2 Å². The fourth-order valence-electron chi connectivity index (χ4n) is 5.92. The zero-order chi connectivity index (χ0) is 39.8. The molecular weight excluding hydrogens is 688 g/mol. The van der Waals surface area contributed by atoms with Gasteiger partial charge in [-0.25, -0.2) is 4.79 Å². The molecule has 0 N–H and O–H groups in total. The van der Waals surface area contributed by atoms with Crippen LogP contribution in [0.5, 0.6) is 17.2 Å². The second-order valence-electron chi connectivity index (χ2n) is 12.5. The number of fused-ring (bicyclic) bond motifs is 2. The Morgan fingerprint density at radius 2 is 1.43 bits per heavy atom. The van der Waals surface area contributed by atoms with Gasteiger partial charge in [0.05, 0.1) is 38.1 Å². The van der Waals surface area contributed by atoms with Crippen molar-refractivity contribution in [2.24, 2.45) is 10.8 Å². The molecule has 1 aliphatic carbocycles. The minimum Gasteiger partial charge on any atom is -0.497 e. The van der Waals surface area contributed by atoms with E-state index >= 15 is 0 Å². The van der Waals surface area contributed by atoms with Crippen LogP contribution in [0.25, 0.3) is 5.69 Å². The number of rotatable bonds is 16. The minimum absolute atomic E-state index is 0.00129. The molecule has 1 aromatic carbocycles. The van der Waals surface area contributed by atoms with Gasteiger partial charge in [0.1, 0.15) is 17.8 Å². The van der Waals surface area contributed by atoms with Crippen LogP contribution in [0, 0.1) is 10.8 Å². The van der Waals surface area contributed by atoms with Crippen LogP contribution in [0.4, 0.5) is 0 Å². The smallest absolute Gasteiger partial charge is 0.359 e. The fraction of sp³-hybridized carbons (Fsp3) is 0.590. The number of esters is 3. The highest BCUT2D eigenvalue weighted by Gasteiger charge is 2.66. The zero-order valence-corrected chi connectivity index (χ0v) is 33.3. The Morgan fingerprint density at radius 1 is 0.849 bits per heavy atom. The van der Waals surface area contributed by atoms with Gasteiger partial charge in [0.25, 0.3) is 5.91 Å². The Kier molecular flexibility index (Phi) is 18.0. The number of ether oxygens (including phenoxy) is 8. The lowest BCUT2D eigenvalue weighted by Crippen LogP contribution is -2.60. The van der Waals surface area contributed by atoms with Crippen molar-refractivity contribution in [3.63, 3.8) is 0 Å². The Hall–Kier alpha value is -4.40. The maximum Gasteiger partial charge on any atom is 0.359 e. The van der Waals surface area contributed by atoms with E-state index in [4.69, 9.17) is 37.9 Å². The molecule has 1 aromatic heterocycles. The number of allylic oxidation sites excluding steroid dienone is 1. The van der Waals surface area contributed by atoms with Crippen LogP contribution in [-0.2, 0) is 33.3 Å². The maximum absolute atomic E-state index is 14.1. The van der Waals surface area contributed by atoms with Gasteiger partial charge in [0, 0.05) is 47.2 Å². The summed E-state index contributed by atoms with van der Waals surface area (Å²) in [6, 6.07) is 6.47. The lowest BCUT2D eigenvalue weighted by Gasteiger charge is -2.50. The Balaban J connectivity index is 0.00000110. The summed E-state index contributed by atoms with van der Waals surface area (Å²) in [5, 5.41) is 0. The first-order valence-electron chi connectivity index (χ1n) is 18.0. The number of amides is 1. The molecule has 3 heterocycles. The third-order valence-electron chi connectivity index (χ3n) is 8.49. The SMILES string of the molecule is CC.CCCCOC.CCOC/C=C(\C)OCC12CC(COC)(C1)C(=O)Oc1c(c(C(=O)N(C)C)n(-c3ccc(OC)cc3)c1C(=O)OCC)OC2=O. The first kappa shape index (κ1) is 44.8. The number of carbonyl (C=O) groups is 4. The first-order chi connectivity index (χ1) is 25.4. The summed E-state index contributed by atoms with van der Waals surface area (Å²) in [5.41, 5.74) is -2.72. The third-order valence-corrected chi connectivity index (χ3v) is 8.49. The van der Waals surface area contributed by atoms with Crippen molar-refractivity contribution in [3.8, 4) is 22.9 Å². The molecule has 14 nitrogen and oxygen atoms in total. The van der Waals surface area contributed by atoms with Gasteiger partial charge in [-0.1, -0.05) is 27.2 Å². The average molecular weight is 747 g/mol. The number of hydrogen-bond donors (Lipinski definition) is 0. The number of unbranched alkanes of at least 4 members (excludes halogenated alkanes) is 1. The predicted molar refractivity (Wildman–Crippen MR) is 198 cm³/mol. The number of hydrogen-bond acceptors (Lipinski definition) is 12. The van der Waals surface area contributed by atoms with Crippen molar-refractivity contribution in [1.29, 1.82) is 0 Å². The third kappa shape index (κ3) is 10.6. The van der Waals surface area contributed by atoms with Crippen LogP contribution in [0.15, 0.2) is 36.1 Å². The standard InChI is InChI=1S/C32H40N2O11.C5H12O.C2H6/c1-8-41-15-14-20(3)43-19-32-16-31(17-32,18-39-6)29(37)45-26-24(28(36)42-9-2)34(21-10-12-22(40-7)13-11-21)23(27(35)33(4)5)25(26)44-30(32)38;1-3-4-5-6-2;1-2/h10-14H,8-9,15-19H2,1-7H3;3-5H2,1-2H3;1-2H3/b20-14+;;. The van der Waals surface area contributed by atoms with Crippen LogP contribution in [0.2, 0.25) is 0 Å². The summed E-state index contributed by atoms with van der Waals surface area (Å²) in [6.45, 7) is 12.9. The van der Waals surface area contributed by atoms with Gasteiger partial charge < -0.3 is 42.8 Å².